The molecule has 0 spiro atoms. The van der Waals surface area contributed by atoms with Crippen LogP contribution < -0.4 is 15.8 Å². The molecule has 2 atom stereocenters. The maximum atomic E-state index is 7.39. The number of nitrogens with one attached hydrogen (secondary N) is 2. The van der Waals surface area contributed by atoms with Gasteiger partial charge in [-0.1, -0.05) is 12.1 Å². The van der Waals surface area contributed by atoms with Crippen molar-refractivity contribution in [2.75, 3.05) is 13.7 Å². The van der Waals surface area contributed by atoms with Crippen molar-refractivity contribution in [1.29, 1.82) is 5.41 Å². The second-order valence-electron chi connectivity index (χ2n) is 7.62. The number of allylic oxidation sites excluding steroid dienone is 1. The predicted octanol–water partition coefficient (Wildman–Crippen LogP) is 4.57. The van der Waals surface area contributed by atoms with Gasteiger partial charge in [-0.05, 0) is 67.8 Å². The van der Waals surface area contributed by atoms with Crippen molar-refractivity contribution in [3.63, 3.8) is 0 Å². The molecule has 5 nitrogen and oxygen atoms in total. The number of benzene rings is 2. The van der Waals surface area contributed by atoms with Crippen LogP contribution in [-0.2, 0) is 6.54 Å². The highest BCUT2D eigenvalue weighted by atomic mass is 32.1. The summed E-state index contributed by atoms with van der Waals surface area (Å²) >= 11 is 4.13. The van der Waals surface area contributed by atoms with E-state index in [4.69, 9.17) is 15.9 Å². The molecule has 2 heterocycles. The molecule has 158 valence electrons. The molecule has 6 heteroatoms. The molecule has 1 aliphatic rings. The number of ether oxygens (including phenoxy) is 1. The maximum absolute atomic E-state index is 7.39. The molecule has 0 amide bonds. The number of methoxy groups -OCH3 is 1. The molecule has 0 aliphatic carbocycles. The summed E-state index contributed by atoms with van der Waals surface area (Å²) in [7, 11) is 1.64. The number of nitrogens with zero attached hydrogens (tertiary/aromatic N) is 1. The van der Waals surface area contributed by atoms with Gasteiger partial charge in [0.05, 0.1) is 7.11 Å². The van der Waals surface area contributed by atoms with Crippen LogP contribution in [0.2, 0.25) is 0 Å². The Kier molecular flexibility index (Phi) is 7.60. The largest absolute Gasteiger partial charge is 0.497 e. The summed E-state index contributed by atoms with van der Waals surface area (Å²) in [5.74, 6) is 1.55. The highest BCUT2D eigenvalue weighted by molar-refractivity contribution is 7.80. The van der Waals surface area contributed by atoms with Gasteiger partial charge in [0.1, 0.15) is 5.75 Å². The highest BCUT2D eigenvalue weighted by Crippen LogP contribution is 2.24. The summed E-state index contributed by atoms with van der Waals surface area (Å²) in [4.78, 5) is 0.925. The molecule has 3 aromatic rings. The van der Waals surface area contributed by atoms with E-state index in [2.05, 4.69) is 53.8 Å². The standard InChI is InChI=1S/C17H22N4.C7H8OS/c1-12-6-13(10-20-12)11-21-5-4-15-7-14(2-3-17(15)21)16(8-18)9-19;1-8-6-3-2-4-7(9)5-6/h2-5,7-9,12-13,18,20H,6,10-11,19H2,1H3;2-5,9H,1H3/b16-9+,18-8?;/t12-,13?;/m0./s1. The topological polar surface area (TPSA) is 76.1 Å². The Morgan fingerprint density at radius 3 is 2.73 bits per heavy atom. The van der Waals surface area contributed by atoms with E-state index in [1.165, 1.54) is 29.7 Å². The molecule has 4 rings (SSSR count). The van der Waals surface area contributed by atoms with Crippen LogP contribution in [0.4, 0.5) is 0 Å². The molecule has 1 saturated heterocycles. The monoisotopic (exact) mass is 422 g/mol. The van der Waals surface area contributed by atoms with Crippen molar-refractivity contribution in [1.82, 2.24) is 9.88 Å². The molecule has 1 aromatic heterocycles. The summed E-state index contributed by atoms with van der Waals surface area (Å²) in [6.45, 7) is 4.41. The molecular formula is C24H30N4OS. The van der Waals surface area contributed by atoms with Crippen molar-refractivity contribution < 1.29 is 4.74 Å². The van der Waals surface area contributed by atoms with Crippen LogP contribution >= 0.6 is 12.6 Å². The van der Waals surface area contributed by atoms with Crippen LogP contribution in [0, 0.1) is 11.3 Å². The minimum atomic E-state index is 0.633. The molecule has 30 heavy (non-hydrogen) atoms. The van der Waals surface area contributed by atoms with Crippen LogP contribution in [-0.4, -0.2) is 30.5 Å². The number of nitrogens with two attached hydrogens (primary N) is 1. The number of hydrogen-bond acceptors (Lipinski definition) is 5. The first kappa shape index (κ1) is 22.0. The van der Waals surface area contributed by atoms with Gasteiger partial charge in [0.2, 0.25) is 0 Å². The van der Waals surface area contributed by atoms with Gasteiger partial charge in [-0.3, -0.25) is 0 Å². The molecule has 1 unspecified atom stereocenters. The Bertz CT molecular complexity index is 1030. The first-order valence-corrected chi connectivity index (χ1v) is 10.6. The molecule has 0 radical (unpaired) electrons. The summed E-state index contributed by atoms with van der Waals surface area (Å²) in [6, 6.07) is 16.6. The van der Waals surface area contributed by atoms with Gasteiger partial charge in [0.25, 0.3) is 0 Å². The van der Waals surface area contributed by atoms with E-state index in [1.807, 2.05) is 30.3 Å². The van der Waals surface area contributed by atoms with E-state index in [9.17, 15) is 0 Å². The fourth-order valence-electron chi connectivity index (χ4n) is 3.83. The molecule has 1 fully saturated rings. The molecule has 0 saturated carbocycles. The van der Waals surface area contributed by atoms with Crippen LogP contribution in [0.1, 0.15) is 18.9 Å². The smallest absolute Gasteiger partial charge is 0.119 e. The summed E-state index contributed by atoms with van der Waals surface area (Å²) in [5, 5.41) is 12.1. The Balaban J connectivity index is 0.000000239. The Hall–Kier alpha value is -2.70. The molecular weight excluding hydrogens is 392 g/mol. The Labute approximate surface area is 183 Å². The number of thiol groups is 1. The zero-order valence-corrected chi connectivity index (χ0v) is 18.4. The maximum Gasteiger partial charge on any atom is 0.119 e. The van der Waals surface area contributed by atoms with E-state index < -0.39 is 0 Å². The van der Waals surface area contributed by atoms with Crippen molar-refractivity contribution in [2.45, 2.75) is 30.8 Å². The summed E-state index contributed by atoms with van der Waals surface area (Å²) < 4.78 is 7.28. The summed E-state index contributed by atoms with van der Waals surface area (Å²) in [5.41, 5.74) is 8.55. The van der Waals surface area contributed by atoms with Gasteiger partial charge >= 0.3 is 0 Å². The fraction of sp³-hybridized carbons (Fsp3) is 0.292. The third kappa shape index (κ3) is 5.46. The lowest BCUT2D eigenvalue weighted by Crippen LogP contribution is -2.17. The first-order chi connectivity index (χ1) is 14.5. The Morgan fingerprint density at radius 2 is 2.13 bits per heavy atom. The lowest BCUT2D eigenvalue weighted by molar-refractivity contribution is 0.413. The van der Waals surface area contributed by atoms with Crippen LogP contribution in [0.3, 0.4) is 0 Å². The number of aromatic nitrogens is 1. The van der Waals surface area contributed by atoms with E-state index in [0.29, 0.717) is 12.0 Å². The van der Waals surface area contributed by atoms with Gasteiger partial charge in [-0.25, -0.2) is 0 Å². The van der Waals surface area contributed by atoms with Crippen molar-refractivity contribution >= 4 is 35.3 Å². The second-order valence-corrected chi connectivity index (χ2v) is 8.14. The second kappa shape index (κ2) is 10.4. The van der Waals surface area contributed by atoms with Crippen molar-refractivity contribution in [3.8, 4) is 5.75 Å². The van der Waals surface area contributed by atoms with Gasteiger partial charge in [0.15, 0.2) is 0 Å². The zero-order chi connectivity index (χ0) is 21.5. The van der Waals surface area contributed by atoms with E-state index >= 15 is 0 Å². The van der Waals surface area contributed by atoms with Gasteiger partial charge in [0, 0.05) is 52.6 Å². The molecule has 0 bridgehead atoms. The quantitative estimate of drug-likeness (QED) is 0.359. The lowest BCUT2D eigenvalue weighted by atomic mass is 10.1. The van der Waals surface area contributed by atoms with Crippen LogP contribution in [0.15, 0.2) is 65.8 Å². The molecule has 2 aromatic carbocycles. The SMILES string of the molecule is COc1cccc(S)c1.C[C@H]1CC(Cn2ccc3cc(/C(C=N)=C/N)ccc32)CN1. The summed E-state index contributed by atoms with van der Waals surface area (Å²) in [6.07, 6.45) is 6.18. The van der Waals surface area contributed by atoms with Crippen molar-refractivity contribution in [3.05, 3.63) is 66.5 Å². The van der Waals surface area contributed by atoms with Crippen molar-refractivity contribution in [2.24, 2.45) is 11.7 Å². The number of rotatable bonds is 5. The van der Waals surface area contributed by atoms with E-state index in [-0.39, 0.29) is 0 Å². The van der Waals surface area contributed by atoms with Gasteiger partial charge < -0.3 is 25.8 Å². The predicted molar refractivity (Wildman–Crippen MR) is 129 cm³/mol. The fourth-order valence-corrected chi connectivity index (χ4v) is 4.04. The lowest BCUT2D eigenvalue weighted by Gasteiger charge is -2.11. The highest BCUT2D eigenvalue weighted by Gasteiger charge is 2.21. The normalized spacial score (nSPS) is 18.7. The first-order valence-electron chi connectivity index (χ1n) is 10.1. The average Bonchev–Trinajstić information content (AvgIpc) is 3.35. The van der Waals surface area contributed by atoms with Crippen LogP contribution in [0.5, 0.6) is 5.75 Å². The van der Waals surface area contributed by atoms with Crippen LogP contribution in [0.25, 0.3) is 16.5 Å². The number of hydrogen-bond donors (Lipinski definition) is 4. The molecule has 4 N–H and O–H groups in total. The zero-order valence-electron chi connectivity index (χ0n) is 17.5. The number of fused-ring (bicyclic) bond motifs is 1. The minimum absolute atomic E-state index is 0.633. The third-order valence-electron chi connectivity index (χ3n) is 5.39. The third-order valence-corrected chi connectivity index (χ3v) is 5.67. The van der Waals surface area contributed by atoms with E-state index in [0.717, 1.165) is 34.9 Å². The van der Waals surface area contributed by atoms with Gasteiger partial charge in [-0.15, -0.1) is 12.6 Å². The average molecular weight is 423 g/mol. The molecule has 1 aliphatic heterocycles. The van der Waals surface area contributed by atoms with E-state index in [1.54, 1.807) is 7.11 Å². The Morgan fingerprint density at radius 1 is 1.30 bits per heavy atom. The van der Waals surface area contributed by atoms with Gasteiger partial charge in [-0.2, -0.15) is 0 Å². The minimum Gasteiger partial charge on any atom is -0.497 e.